The van der Waals surface area contributed by atoms with Gasteiger partial charge in [0.25, 0.3) is 0 Å². The van der Waals surface area contributed by atoms with Gasteiger partial charge in [0.15, 0.2) is 0 Å². The molecule has 6 nitrogen and oxygen atoms in total. The van der Waals surface area contributed by atoms with Gasteiger partial charge in [0, 0.05) is 15.7 Å². The van der Waals surface area contributed by atoms with Gasteiger partial charge in [0.1, 0.15) is 11.8 Å². The number of hydrogen-bond donors (Lipinski definition) is 2. The third-order valence-corrected chi connectivity index (χ3v) is 6.69. The summed E-state index contributed by atoms with van der Waals surface area (Å²) in [4.78, 5) is 13.2. The number of benzene rings is 3. The fraction of sp³-hybridized carbons (Fsp3) is 0.208. The second-order valence-corrected chi connectivity index (χ2v) is 9.96. The minimum absolute atomic E-state index is 0.0418. The van der Waals surface area contributed by atoms with Crippen molar-refractivity contribution in [1.82, 2.24) is 4.72 Å². The van der Waals surface area contributed by atoms with Crippen LogP contribution < -0.4 is 14.8 Å². The van der Waals surface area contributed by atoms with E-state index >= 15 is 0 Å². The summed E-state index contributed by atoms with van der Waals surface area (Å²) < 4.78 is 34.3. The molecule has 1 amide bonds. The van der Waals surface area contributed by atoms with Gasteiger partial charge in [-0.05, 0) is 67.8 Å². The van der Waals surface area contributed by atoms with Crippen molar-refractivity contribution in [1.29, 1.82) is 0 Å². The van der Waals surface area contributed by atoms with E-state index in [1.54, 1.807) is 13.0 Å². The smallest absolute Gasteiger partial charge is 0.242 e. The van der Waals surface area contributed by atoms with Gasteiger partial charge >= 0.3 is 0 Å². The average molecular weight is 507 g/mol. The van der Waals surface area contributed by atoms with Crippen LogP contribution in [0.5, 0.6) is 5.75 Å². The van der Waals surface area contributed by atoms with Gasteiger partial charge in [-0.3, -0.25) is 4.79 Å². The van der Waals surface area contributed by atoms with E-state index in [1.807, 2.05) is 37.3 Å². The van der Waals surface area contributed by atoms with Gasteiger partial charge in [-0.1, -0.05) is 53.5 Å². The number of ether oxygens (including phenoxy) is 1. The van der Waals surface area contributed by atoms with E-state index in [0.717, 1.165) is 5.56 Å². The molecule has 33 heavy (non-hydrogen) atoms. The fourth-order valence-electron chi connectivity index (χ4n) is 3.25. The largest absolute Gasteiger partial charge is 0.494 e. The van der Waals surface area contributed by atoms with Crippen molar-refractivity contribution < 1.29 is 17.9 Å². The monoisotopic (exact) mass is 506 g/mol. The summed E-state index contributed by atoms with van der Waals surface area (Å²) in [6.07, 6.45) is 0.149. The number of nitrogens with one attached hydrogen (secondary N) is 2. The fourth-order valence-corrected chi connectivity index (χ4v) is 5.06. The predicted octanol–water partition coefficient (Wildman–Crippen LogP) is 5.23. The van der Waals surface area contributed by atoms with Crippen molar-refractivity contribution in [3.63, 3.8) is 0 Å². The molecule has 3 rings (SSSR count). The highest BCUT2D eigenvalue weighted by atomic mass is 35.5. The van der Waals surface area contributed by atoms with Crippen LogP contribution in [0.25, 0.3) is 0 Å². The summed E-state index contributed by atoms with van der Waals surface area (Å²) in [5, 5.41) is 3.40. The van der Waals surface area contributed by atoms with E-state index in [-0.39, 0.29) is 11.3 Å². The maximum Gasteiger partial charge on any atom is 0.242 e. The Labute approximate surface area is 203 Å². The third kappa shape index (κ3) is 6.95. The molecule has 1 atom stereocenters. The van der Waals surface area contributed by atoms with E-state index in [9.17, 15) is 13.2 Å². The first-order valence-electron chi connectivity index (χ1n) is 10.2. The van der Waals surface area contributed by atoms with Crippen molar-refractivity contribution in [2.75, 3.05) is 11.9 Å². The number of rotatable bonds is 9. The average Bonchev–Trinajstić information content (AvgIpc) is 2.74. The summed E-state index contributed by atoms with van der Waals surface area (Å²) in [6, 6.07) is 17.3. The molecule has 0 bridgehead atoms. The van der Waals surface area contributed by atoms with Crippen LogP contribution in [0.15, 0.2) is 71.6 Å². The lowest BCUT2D eigenvalue weighted by Crippen LogP contribution is -2.45. The number of anilines is 1. The molecule has 0 aliphatic rings. The molecule has 0 heterocycles. The second-order valence-electron chi connectivity index (χ2n) is 7.37. The molecule has 0 aliphatic heterocycles. The molecule has 3 aromatic carbocycles. The van der Waals surface area contributed by atoms with Crippen LogP contribution in [0.2, 0.25) is 10.0 Å². The minimum atomic E-state index is -4.01. The molecule has 1 unspecified atom stereocenters. The van der Waals surface area contributed by atoms with Crippen molar-refractivity contribution in [3.05, 3.63) is 87.9 Å². The zero-order chi connectivity index (χ0) is 24.0. The Hall–Kier alpha value is -2.58. The number of halogens is 2. The quantitative estimate of drug-likeness (QED) is 0.416. The van der Waals surface area contributed by atoms with E-state index in [4.69, 9.17) is 27.9 Å². The number of carbonyl (C=O) groups is 1. The third-order valence-electron chi connectivity index (χ3n) is 4.78. The Balaban J connectivity index is 1.88. The van der Waals surface area contributed by atoms with Gasteiger partial charge in [-0.25, -0.2) is 8.42 Å². The number of sulfonamides is 1. The van der Waals surface area contributed by atoms with Crippen LogP contribution in [-0.2, 0) is 21.2 Å². The molecule has 2 N–H and O–H groups in total. The maximum atomic E-state index is 13.1. The number of amides is 1. The first-order chi connectivity index (χ1) is 15.7. The first kappa shape index (κ1) is 25.1. The van der Waals surface area contributed by atoms with Crippen LogP contribution in [0.1, 0.15) is 18.1 Å². The molecule has 0 radical (unpaired) electrons. The highest BCUT2D eigenvalue weighted by Crippen LogP contribution is 2.24. The lowest BCUT2D eigenvalue weighted by molar-refractivity contribution is -0.117. The Kier molecular flexibility index (Phi) is 8.37. The molecule has 0 aromatic heterocycles. The topological polar surface area (TPSA) is 84.5 Å². The van der Waals surface area contributed by atoms with Crippen molar-refractivity contribution in [2.45, 2.75) is 31.2 Å². The van der Waals surface area contributed by atoms with E-state index in [2.05, 4.69) is 10.0 Å². The second kappa shape index (κ2) is 11.0. The first-order valence-corrected chi connectivity index (χ1v) is 12.5. The summed E-state index contributed by atoms with van der Waals surface area (Å²) in [5.74, 6) is 0.0660. The Morgan fingerprint density at radius 1 is 1.00 bits per heavy atom. The molecular formula is C24H24Cl2N2O4S. The molecule has 0 spiro atoms. The number of hydrogen-bond acceptors (Lipinski definition) is 4. The van der Waals surface area contributed by atoms with Crippen molar-refractivity contribution in [3.8, 4) is 5.75 Å². The summed E-state index contributed by atoms with van der Waals surface area (Å²) >= 11 is 12.0. The molecular weight excluding hydrogens is 483 g/mol. The van der Waals surface area contributed by atoms with E-state index in [1.165, 1.54) is 30.3 Å². The standard InChI is InChI=1S/C24H24Cl2N2O4S/c1-3-32-23-10-9-21(11-16(23)2)33(30,31)28-22(12-17-7-5-4-6-8-17)24(29)27-20-14-18(25)13-19(26)15-20/h4-11,13-15,22,28H,3,12H2,1-2H3,(H,27,29). The van der Waals surface area contributed by atoms with Gasteiger partial charge in [-0.2, -0.15) is 4.72 Å². The van der Waals surface area contributed by atoms with Crippen LogP contribution in [-0.4, -0.2) is 27.0 Å². The number of aryl methyl sites for hydroxylation is 1. The highest BCUT2D eigenvalue weighted by Gasteiger charge is 2.27. The zero-order valence-corrected chi connectivity index (χ0v) is 20.5. The van der Waals surface area contributed by atoms with E-state index < -0.39 is 22.0 Å². The normalized spacial score (nSPS) is 12.2. The molecule has 0 fully saturated rings. The zero-order valence-electron chi connectivity index (χ0n) is 18.1. The van der Waals surface area contributed by atoms with Crippen LogP contribution in [0.3, 0.4) is 0 Å². The molecule has 3 aromatic rings. The molecule has 0 aliphatic carbocycles. The van der Waals surface area contributed by atoms with Crippen LogP contribution in [0, 0.1) is 6.92 Å². The Bertz CT molecular complexity index is 1210. The summed E-state index contributed by atoms with van der Waals surface area (Å²) in [5.41, 5.74) is 1.84. The SMILES string of the molecule is CCOc1ccc(S(=O)(=O)NC(Cc2ccccc2)C(=O)Nc2cc(Cl)cc(Cl)c2)cc1C. The van der Waals surface area contributed by atoms with Gasteiger partial charge in [0.2, 0.25) is 15.9 Å². The van der Waals surface area contributed by atoms with Gasteiger partial charge in [-0.15, -0.1) is 0 Å². The van der Waals surface area contributed by atoms with Crippen LogP contribution in [0.4, 0.5) is 5.69 Å². The van der Waals surface area contributed by atoms with Crippen molar-refractivity contribution >= 4 is 44.8 Å². The lowest BCUT2D eigenvalue weighted by atomic mass is 10.1. The van der Waals surface area contributed by atoms with Crippen LogP contribution >= 0.6 is 23.2 Å². The van der Waals surface area contributed by atoms with Gasteiger partial charge < -0.3 is 10.1 Å². The molecule has 9 heteroatoms. The van der Waals surface area contributed by atoms with E-state index in [0.29, 0.717) is 33.7 Å². The number of carbonyl (C=O) groups excluding carboxylic acids is 1. The molecule has 174 valence electrons. The minimum Gasteiger partial charge on any atom is -0.494 e. The summed E-state index contributed by atoms with van der Waals surface area (Å²) in [7, 11) is -4.01. The summed E-state index contributed by atoms with van der Waals surface area (Å²) in [6.45, 7) is 4.09. The lowest BCUT2D eigenvalue weighted by Gasteiger charge is -2.19. The predicted molar refractivity (Wildman–Crippen MR) is 132 cm³/mol. The highest BCUT2D eigenvalue weighted by molar-refractivity contribution is 7.89. The Morgan fingerprint density at radius 3 is 2.27 bits per heavy atom. The molecule has 0 saturated carbocycles. The van der Waals surface area contributed by atoms with Crippen molar-refractivity contribution in [2.24, 2.45) is 0 Å². The van der Waals surface area contributed by atoms with Gasteiger partial charge in [0.05, 0.1) is 11.5 Å². The molecule has 0 saturated heterocycles. The Morgan fingerprint density at radius 2 is 1.67 bits per heavy atom. The maximum absolute atomic E-state index is 13.1.